The minimum absolute atomic E-state index is 0.194. The van der Waals surface area contributed by atoms with Crippen LogP contribution in [0.2, 0.25) is 0 Å². The predicted octanol–water partition coefficient (Wildman–Crippen LogP) is 4.35. The van der Waals surface area contributed by atoms with Gasteiger partial charge in [0.1, 0.15) is 17.6 Å². The third kappa shape index (κ3) is 4.22. The van der Waals surface area contributed by atoms with Gasteiger partial charge in [-0.3, -0.25) is 4.79 Å². The van der Waals surface area contributed by atoms with E-state index in [0.29, 0.717) is 16.8 Å². The first kappa shape index (κ1) is 17.3. The maximum Gasteiger partial charge on any atom is 0.317 e. The molecule has 0 amide bonds. The highest BCUT2D eigenvalue weighted by Crippen LogP contribution is 2.29. The van der Waals surface area contributed by atoms with Crippen molar-refractivity contribution in [2.45, 2.75) is 12.8 Å². The maximum absolute atomic E-state index is 14.1. The normalized spacial score (nSPS) is 11.8. The number of anilines is 1. The van der Waals surface area contributed by atoms with Crippen molar-refractivity contribution >= 4 is 23.6 Å². The summed E-state index contributed by atoms with van der Waals surface area (Å²) in [5.74, 6) is -2.35. The molecule has 1 atom stereocenters. The summed E-state index contributed by atoms with van der Waals surface area (Å²) in [5, 5.41) is 0. The van der Waals surface area contributed by atoms with Gasteiger partial charge in [0, 0.05) is 6.26 Å². The van der Waals surface area contributed by atoms with Crippen LogP contribution in [-0.4, -0.2) is 18.8 Å². The van der Waals surface area contributed by atoms with Crippen LogP contribution in [0.25, 0.3) is 0 Å². The van der Waals surface area contributed by atoms with Gasteiger partial charge >= 0.3 is 5.97 Å². The SMILES string of the molecule is CCOC(=O)C(c1cccc(F)c1)c1ccc(NSC)c(F)c1. The Morgan fingerprint density at radius 3 is 2.57 bits per heavy atom. The van der Waals surface area contributed by atoms with Crippen molar-refractivity contribution < 1.29 is 18.3 Å². The van der Waals surface area contributed by atoms with Crippen LogP contribution in [0.1, 0.15) is 24.0 Å². The van der Waals surface area contributed by atoms with Crippen LogP contribution in [0.5, 0.6) is 0 Å². The van der Waals surface area contributed by atoms with Crippen LogP contribution in [-0.2, 0) is 9.53 Å². The van der Waals surface area contributed by atoms with Gasteiger partial charge in [-0.2, -0.15) is 0 Å². The number of carbonyl (C=O) groups excluding carboxylic acids is 1. The molecule has 2 aromatic rings. The number of nitrogens with one attached hydrogen (secondary N) is 1. The summed E-state index contributed by atoms with van der Waals surface area (Å²) in [6.45, 7) is 1.88. The van der Waals surface area contributed by atoms with E-state index in [1.54, 1.807) is 31.4 Å². The van der Waals surface area contributed by atoms with Crippen LogP contribution in [0.4, 0.5) is 14.5 Å². The monoisotopic (exact) mass is 337 g/mol. The fourth-order valence-electron chi connectivity index (χ4n) is 2.28. The first-order valence-corrected chi connectivity index (χ1v) is 8.29. The maximum atomic E-state index is 14.1. The van der Waals surface area contributed by atoms with Gasteiger partial charge in [0.25, 0.3) is 0 Å². The standard InChI is InChI=1S/C17H17F2NO2S/c1-3-22-17(21)16(11-5-4-6-13(18)9-11)12-7-8-15(20-23-2)14(19)10-12/h4-10,16,20H,3H2,1-2H3. The largest absolute Gasteiger partial charge is 0.465 e. The molecule has 122 valence electrons. The molecule has 0 fully saturated rings. The number of benzene rings is 2. The van der Waals surface area contributed by atoms with Crippen LogP contribution < -0.4 is 4.72 Å². The third-order valence-electron chi connectivity index (χ3n) is 3.24. The van der Waals surface area contributed by atoms with Gasteiger partial charge in [0.05, 0.1) is 12.3 Å². The van der Waals surface area contributed by atoms with E-state index in [4.69, 9.17) is 4.74 Å². The number of esters is 1. The predicted molar refractivity (Wildman–Crippen MR) is 88.4 cm³/mol. The van der Waals surface area contributed by atoms with Crippen LogP contribution >= 0.6 is 11.9 Å². The van der Waals surface area contributed by atoms with E-state index in [1.807, 2.05) is 0 Å². The molecule has 1 unspecified atom stereocenters. The zero-order valence-electron chi connectivity index (χ0n) is 12.8. The second-order valence-corrected chi connectivity index (χ2v) is 5.40. The third-order valence-corrected chi connectivity index (χ3v) is 3.67. The highest BCUT2D eigenvalue weighted by Gasteiger charge is 2.25. The average molecular weight is 337 g/mol. The van der Waals surface area contributed by atoms with Crippen LogP contribution in [0.3, 0.4) is 0 Å². The first-order valence-electron chi connectivity index (χ1n) is 7.07. The Morgan fingerprint density at radius 1 is 1.22 bits per heavy atom. The minimum Gasteiger partial charge on any atom is -0.465 e. The molecule has 23 heavy (non-hydrogen) atoms. The molecule has 0 bridgehead atoms. The summed E-state index contributed by atoms with van der Waals surface area (Å²) in [6, 6.07) is 10.1. The van der Waals surface area contributed by atoms with Gasteiger partial charge < -0.3 is 9.46 Å². The van der Waals surface area contributed by atoms with E-state index in [0.717, 1.165) is 0 Å². The second kappa shape index (κ2) is 7.97. The van der Waals surface area contributed by atoms with E-state index in [2.05, 4.69) is 4.72 Å². The molecule has 6 heteroatoms. The van der Waals surface area contributed by atoms with Crippen molar-refractivity contribution in [1.82, 2.24) is 0 Å². The summed E-state index contributed by atoms with van der Waals surface area (Å²) >= 11 is 1.26. The fourth-order valence-corrected chi connectivity index (χ4v) is 2.67. The summed E-state index contributed by atoms with van der Waals surface area (Å²) in [7, 11) is 0. The van der Waals surface area contributed by atoms with Gasteiger partial charge in [0.15, 0.2) is 0 Å². The lowest BCUT2D eigenvalue weighted by molar-refractivity contribution is -0.143. The lowest BCUT2D eigenvalue weighted by atomic mass is 9.91. The average Bonchev–Trinajstić information content (AvgIpc) is 2.51. The van der Waals surface area contributed by atoms with Gasteiger partial charge in [-0.15, -0.1) is 0 Å². The van der Waals surface area contributed by atoms with E-state index in [1.165, 1.54) is 36.2 Å². The molecular formula is C17H17F2NO2S. The lowest BCUT2D eigenvalue weighted by Gasteiger charge is -2.17. The zero-order valence-corrected chi connectivity index (χ0v) is 13.6. The summed E-state index contributed by atoms with van der Waals surface area (Å²) in [4.78, 5) is 12.3. The van der Waals surface area contributed by atoms with E-state index in [-0.39, 0.29) is 6.61 Å². The Balaban J connectivity index is 2.45. The molecule has 0 aliphatic rings. The highest BCUT2D eigenvalue weighted by molar-refractivity contribution is 7.99. The molecule has 0 aliphatic carbocycles. The van der Waals surface area contributed by atoms with Crippen molar-refractivity contribution in [1.29, 1.82) is 0 Å². The van der Waals surface area contributed by atoms with Crippen molar-refractivity contribution in [3.05, 3.63) is 65.2 Å². The summed E-state index contributed by atoms with van der Waals surface area (Å²) in [6.07, 6.45) is 1.78. The Morgan fingerprint density at radius 2 is 1.96 bits per heavy atom. The molecule has 0 aromatic heterocycles. The quantitative estimate of drug-likeness (QED) is 0.628. The first-order chi connectivity index (χ1) is 11.1. The molecule has 1 N–H and O–H groups in total. The number of halogens is 2. The second-order valence-electron chi connectivity index (χ2n) is 4.79. The Bertz CT molecular complexity index is 694. The lowest BCUT2D eigenvalue weighted by Crippen LogP contribution is -2.17. The van der Waals surface area contributed by atoms with Gasteiger partial charge in [-0.05, 0) is 42.3 Å². The molecule has 2 aromatic carbocycles. The molecule has 0 saturated heterocycles. The Hall–Kier alpha value is -2.08. The molecule has 0 radical (unpaired) electrons. The van der Waals surface area contributed by atoms with E-state index >= 15 is 0 Å². The molecular weight excluding hydrogens is 320 g/mol. The zero-order chi connectivity index (χ0) is 16.8. The van der Waals surface area contributed by atoms with Crippen LogP contribution in [0.15, 0.2) is 42.5 Å². The topological polar surface area (TPSA) is 38.3 Å². The molecule has 0 heterocycles. The van der Waals surface area contributed by atoms with E-state index in [9.17, 15) is 13.6 Å². The number of ether oxygens (including phenoxy) is 1. The smallest absolute Gasteiger partial charge is 0.317 e. The number of rotatable bonds is 6. The van der Waals surface area contributed by atoms with Crippen molar-refractivity contribution in [3.8, 4) is 0 Å². The number of carbonyl (C=O) groups is 1. The van der Waals surface area contributed by atoms with Crippen molar-refractivity contribution in [2.24, 2.45) is 0 Å². The minimum atomic E-state index is -0.872. The summed E-state index contributed by atoms with van der Waals surface area (Å²) < 4.78 is 35.5. The van der Waals surface area contributed by atoms with Gasteiger partial charge in [-0.1, -0.05) is 30.1 Å². The Kier molecular flexibility index (Phi) is 5.98. The molecule has 0 spiro atoms. The molecule has 3 nitrogen and oxygen atoms in total. The van der Waals surface area contributed by atoms with Gasteiger partial charge in [-0.25, -0.2) is 8.78 Å². The number of hydrogen-bond acceptors (Lipinski definition) is 4. The van der Waals surface area contributed by atoms with Crippen molar-refractivity contribution in [3.63, 3.8) is 0 Å². The number of hydrogen-bond donors (Lipinski definition) is 1. The summed E-state index contributed by atoms with van der Waals surface area (Å²) in [5.41, 5.74) is 1.16. The van der Waals surface area contributed by atoms with Crippen LogP contribution in [0, 0.1) is 11.6 Å². The van der Waals surface area contributed by atoms with E-state index < -0.39 is 23.5 Å². The van der Waals surface area contributed by atoms with Gasteiger partial charge in [0.2, 0.25) is 0 Å². The Labute approximate surface area is 138 Å². The van der Waals surface area contributed by atoms with Crippen molar-refractivity contribution in [2.75, 3.05) is 17.6 Å². The highest BCUT2D eigenvalue weighted by atomic mass is 32.2. The molecule has 0 saturated carbocycles. The molecule has 0 aliphatic heterocycles. The fraction of sp³-hybridized carbons (Fsp3) is 0.235. The molecule has 2 rings (SSSR count).